The van der Waals surface area contributed by atoms with E-state index in [9.17, 15) is 19.2 Å². The highest BCUT2D eigenvalue weighted by Crippen LogP contribution is 2.57. The molecular formula is C34H48O10. The Morgan fingerprint density at radius 3 is 2.14 bits per heavy atom. The van der Waals surface area contributed by atoms with Crippen LogP contribution >= 0.6 is 0 Å². The summed E-state index contributed by atoms with van der Waals surface area (Å²) in [5.41, 5.74) is 3.94. The molecule has 2 fully saturated rings. The van der Waals surface area contributed by atoms with Crippen LogP contribution in [0.15, 0.2) is 18.2 Å². The minimum absolute atomic E-state index is 0.0271. The second-order valence-electron chi connectivity index (χ2n) is 13.5. The molecule has 244 valence electrons. The van der Waals surface area contributed by atoms with E-state index in [4.69, 9.17) is 28.4 Å². The van der Waals surface area contributed by atoms with Gasteiger partial charge in [0.1, 0.15) is 12.7 Å². The van der Waals surface area contributed by atoms with Gasteiger partial charge < -0.3 is 28.4 Å². The lowest BCUT2D eigenvalue weighted by Crippen LogP contribution is -2.63. The van der Waals surface area contributed by atoms with Crippen LogP contribution in [0.4, 0.5) is 0 Å². The van der Waals surface area contributed by atoms with E-state index >= 15 is 0 Å². The van der Waals surface area contributed by atoms with Gasteiger partial charge in [0.2, 0.25) is 0 Å². The van der Waals surface area contributed by atoms with Crippen LogP contribution in [0.25, 0.3) is 0 Å². The minimum Gasteiger partial charge on any atom is -0.463 e. The van der Waals surface area contributed by atoms with Gasteiger partial charge >= 0.3 is 23.9 Å². The Kier molecular flexibility index (Phi) is 10.5. The van der Waals surface area contributed by atoms with Crippen molar-refractivity contribution in [1.29, 1.82) is 0 Å². The Hall–Kier alpha value is -2.98. The van der Waals surface area contributed by atoms with Gasteiger partial charge in [0, 0.05) is 27.7 Å². The molecule has 1 aromatic carbocycles. The summed E-state index contributed by atoms with van der Waals surface area (Å²) in [6.45, 7) is 13.9. The summed E-state index contributed by atoms with van der Waals surface area (Å²) in [7, 11) is 0. The highest BCUT2D eigenvalue weighted by atomic mass is 16.7. The van der Waals surface area contributed by atoms with Gasteiger partial charge in [0.15, 0.2) is 24.6 Å². The first-order chi connectivity index (χ1) is 20.6. The molecule has 0 bridgehead atoms. The van der Waals surface area contributed by atoms with Crippen molar-refractivity contribution in [3.8, 4) is 0 Å². The predicted octanol–water partition coefficient (Wildman–Crippen LogP) is 4.92. The molecule has 10 heteroatoms. The maximum absolute atomic E-state index is 12.2. The first-order valence-electron chi connectivity index (χ1n) is 15.7. The molecular weight excluding hydrogens is 568 g/mol. The van der Waals surface area contributed by atoms with Crippen molar-refractivity contribution in [2.24, 2.45) is 11.3 Å². The van der Waals surface area contributed by atoms with Crippen LogP contribution < -0.4 is 0 Å². The quantitative estimate of drug-likeness (QED) is 0.279. The Labute approximate surface area is 260 Å². The third-order valence-corrected chi connectivity index (χ3v) is 9.69. The molecule has 4 rings (SSSR count). The van der Waals surface area contributed by atoms with Crippen LogP contribution in [0, 0.1) is 11.3 Å². The maximum Gasteiger partial charge on any atom is 0.303 e. The summed E-state index contributed by atoms with van der Waals surface area (Å²) in [4.78, 5) is 48.2. The van der Waals surface area contributed by atoms with Gasteiger partial charge in [-0.3, -0.25) is 19.2 Å². The molecule has 44 heavy (non-hydrogen) atoms. The fraction of sp³-hybridized carbons (Fsp3) is 0.706. The summed E-state index contributed by atoms with van der Waals surface area (Å²) < 4.78 is 34.6. The molecule has 1 saturated carbocycles. The summed E-state index contributed by atoms with van der Waals surface area (Å²) >= 11 is 0. The van der Waals surface area contributed by atoms with Crippen LogP contribution in [0.3, 0.4) is 0 Å². The third-order valence-electron chi connectivity index (χ3n) is 9.69. The highest BCUT2D eigenvalue weighted by Gasteiger charge is 2.55. The second kappa shape index (κ2) is 13.6. The highest BCUT2D eigenvalue weighted by molar-refractivity contribution is 5.68. The second-order valence-corrected chi connectivity index (χ2v) is 13.5. The summed E-state index contributed by atoms with van der Waals surface area (Å²) in [6.07, 6.45) is -0.840. The number of ether oxygens (including phenoxy) is 6. The summed E-state index contributed by atoms with van der Waals surface area (Å²) in [5.74, 6) is -1.76. The van der Waals surface area contributed by atoms with E-state index in [0.717, 1.165) is 32.1 Å². The van der Waals surface area contributed by atoms with Gasteiger partial charge in [-0.25, -0.2) is 0 Å². The van der Waals surface area contributed by atoms with Crippen LogP contribution in [-0.4, -0.2) is 67.8 Å². The van der Waals surface area contributed by atoms with E-state index in [0.29, 0.717) is 18.4 Å². The van der Waals surface area contributed by atoms with E-state index in [2.05, 4.69) is 45.9 Å². The van der Waals surface area contributed by atoms with E-state index in [1.54, 1.807) is 0 Å². The molecule has 0 spiro atoms. The SMILES string of the molecule is CC(=O)OC[C@H]1O[C@@H](OC[C@]2(C)CCC[C@]3(C)c4ccc(C(C)C)cc4CC[C@@H]23)[C@H](OC(C)=O)[C@@H](OC(C)=O)[C@@H]1OC(C)=O. The zero-order valence-electron chi connectivity index (χ0n) is 27.3. The van der Waals surface area contributed by atoms with Crippen molar-refractivity contribution in [3.05, 3.63) is 34.9 Å². The van der Waals surface area contributed by atoms with E-state index in [-0.39, 0.29) is 17.4 Å². The third kappa shape index (κ3) is 7.28. The molecule has 10 nitrogen and oxygen atoms in total. The van der Waals surface area contributed by atoms with Gasteiger partial charge in [0.05, 0.1) is 6.61 Å². The zero-order chi connectivity index (χ0) is 32.4. The number of fused-ring (bicyclic) bond motifs is 3. The van der Waals surface area contributed by atoms with Gasteiger partial charge in [-0.05, 0) is 65.0 Å². The fourth-order valence-corrected chi connectivity index (χ4v) is 7.77. The van der Waals surface area contributed by atoms with Gasteiger partial charge in [-0.15, -0.1) is 0 Å². The maximum atomic E-state index is 12.2. The molecule has 1 saturated heterocycles. The van der Waals surface area contributed by atoms with Crippen molar-refractivity contribution in [2.45, 2.75) is 130 Å². The van der Waals surface area contributed by atoms with Crippen molar-refractivity contribution in [1.82, 2.24) is 0 Å². The fourth-order valence-electron chi connectivity index (χ4n) is 7.77. The Bertz CT molecular complexity index is 1240. The molecule has 0 unspecified atom stereocenters. The molecule has 0 amide bonds. The molecule has 0 N–H and O–H groups in total. The van der Waals surface area contributed by atoms with Crippen molar-refractivity contribution < 1.29 is 47.6 Å². The van der Waals surface area contributed by atoms with Crippen LogP contribution in [-0.2, 0) is 59.4 Å². The molecule has 3 aliphatic rings. The molecule has 0 aromatic heterocycles. The lowest BCUT2D eigenvalue weighted by Gasteiger charge is -2.56. The lowest BCUT2D eigenvalue weighted by atomic mass is 9.50. The Morgan fingerprint density at radius 1 is 0.886 bits per heavy atom. The average molecular weight is 617 g/mol. The van der Waals surface area contributed by atoms with Crippen LogP contribution in [0.1, 0.15) is 104 Å². The molecule has 2 aliphatic carbocycles. The predicted molar refractivity (Wildman–Crippen MR) is 160 cm³/mol. The van der Waals surface area contributed by atoms with Gasteiger partial charge in [-0.2, -0.15) is 0 Å². The number of hydrogen-bond acceptors (Lipinski definition) is 10. The van der Waals surface area contributed by atoms with Crippen molar-refractivity contribution >= 4 is 23.9 Å². The monoisotopic (exact) mass is 616 g/mol. The Morgan fingerprint density at radius 2 is 1.52 bits per heavy atom. The topological polar surface area (TPSA) is 124 Å². The largest absolute Gasteiger partial charge is 0.463 e. The van der Waals surface area contributed by atoms with Crippen molar-refractivity contribution in [2.75, 3.05) is 13.2 Å². The van der Waals surface area contributed by atoms with Crippen LogP contribution in [0.2, 0.25) is 0 Å². The van der Waals surface area contributed by atoms with Gasteiger partial charge in [0.25, 0.3) is 0 Å². The number of hydrogen-bond donors (Lipinski definition) is 0. The summed E-state index contributed by atoms with van der Waals surface area (Å²) in [6, 6.07) is 6.96. The van der Waals surface area contributed by atoms with Crippen molar-refractivity contribution in [3.63, 3.8) is 0 Å². The molecule has 1 heterocycles. The first kappa shape index (κ1) is 33.9. The Balaban J connectivity index is 1.63. The molecule has 1 aliphatic heterocycles. The van der Waals surface area contributed by atoms with E-state index in [1.807, 2.05) is 0 Å². The van der Waals surface area contributed by atoms with Crippen LogP contribution in [0.5, 0.6) is 0 Å². The number of rotatable bonds is 9. The standard InChI is InChI=1S/C34H48O10/c1-19(2)24-10-12-26-25(16-24)11-13-28-33(7,14-9-15-34(26,28)8)18-40-32-31(43-23(6)38)30(42-22(5)37)29(41-21(4)36)27(44-32)17-39-20(3)35/h10,12,16,19,27-32H,9,11,13-15,17-18H2,1-8H3/t27-,28+,29-,30+,31-,32-,33+,34-/m1/s1. The zero-order valence-corrected chi connectivity index (χ0v) is 27.3. The number of carbonyl (C=O) groups is 4. The number of esters is 4. The lowest BCUT2D eigenvalue weighted by molar-refractivity contribution is -0.314. The molecule has 8 atom stereocenters. The van der Waals surface area contributed by atoms with E-state index < -0.39 is 54.6 Å². The number of carbonyl (C=O) groups excluding carboxylic acids is 4. The number of benzene rings is 1. The molecule has 1 aromatic rings. The first-order valence-corrected chi connectivity index (χ1v) is 15.7. The molecule has 0 radical (unpaired) electrons. The average Bonchev–Trinajstić information content (AvgIpc) is 2.92. The minimum atomic E-state index is -1.25. The normalized spacial score (nSPS) is 33.0. The van der Waals surface area contributed by atoms with Gasteiger partial charge in [-0.1, -0.05) is 52.3 Å². The number of aryl methyl sites for hydroxylation is 1. The van der Waals surface area contributed by atoms with E-state index in [1.165, 1.54) is 44.4 Å². The summed E-state index contributed by atoms with van der Waals surface area (Å²) in [5, 5.41) is 0. The smallest absolute Gasteiger partial charge is 0.303 e.